The van der Waals surface area contributed by atoms with Crippen LogP contribution < -0.4 is 5.32 Å². The minimum absolute atomic E-state index is 0.0649. The van der Waals surface area contributed by atoms with E-state index >= 15 is 0 Å². The van der Waals surface area contributed by atoms with E-state index in [1.165, 1.54) is 22.6 Å². The number of rotatable bonds is 3. The Morgan fingerprint density at radius 3 is 2.78 bits per heavy atom. The molecule has 0 aliphatic rings. The Morgan fingerprint density at radius 2 is 2.17 bits per heavy atom. The fraction of sp³-hybridized carbons (Fsp3) is 0.214. The summed E-state index contributed by atoms with van der Waals surface area (Å²) in [7, 11) is 0. The van der Waals surface area contributed by atoms with Gasteiger partial charge in [0, 0.05) is 10.6 Å². The van der Waals surface area contributed by atoms with Crippen LogP contribution in [0.2, 0.25) is 0 Å². The maximum absolute atomic E-state index is 13.2. The van der Waals surface area contributed by atoms with Crippen LogP contribution in [0.25, 0.3) is 0 Å². The zero-order valence-corrected chi connectivity index (χ0v) is 11.0. The standard InChI is InChI=1S/C14H13FN2S/c1-9-5-6-18-14(9)10(2)17-12-3-4-13(15)11(7-12)8-16/h3-7,10,17H,1-2H3. The molecule has 18 heavy (non-hydrogen) atoms. The Bertz CT molecular complexity index is 598. The minimum Gasteiger partial charge on any atom is -0.378 e. The molecule has 0 saturated heterocycles. The molecule has 92 valence electrons. The molecular formula is C14H13FN2S. The first-order valence-corrected chi connectivity index (χ1v) is 6.50. The maximum atomic E-state index is 13.2. The molecule has 2 rings (SSSR count). The third-order valence-corrected chi connectivity index (χ3v) is 3.97. The summed E-state index contributed by atoms with van der Waals surface area (Å²) in [6, 6.07) is 8.56. The van der Waals surface area contributed by atoms with Crippen molar-refractivity contribution in [2.45, 2.75) is 19.9 Å². The third kappa shape index (κ3) is 2.52. The highest BCUT2D eigenvalue weighted by Gasteiger charge is 2.10. The molecule has 1 N–H and O–H groups in total. The van der Waals surface area contributed by atoms with Gasteiger partial charge in [-0.05, 0) is 49.1 Å². The lowest BCUT2D eigenvalue weighted by Gasteiger charge is -2.15. The summed E-state index contributed by atoms with van der Waals surface area (Å²) < 4.78 is 13.2. The van der Waals surface area contributed by atoms with Crippen LogP contribution in [-0.4, -0.2) is 0 Å². The van der Waals surface area contributed by atoms with E-state index in [4.69, 9.17) is 5.26 Å². The van der Waals surface area contributed by atoms with Crippen molar-refractivity contribution >= 4 is 17.0 Å². The third-order valence-electron chi connectivity index (χ3n) is 2.76. The average Bonchev–Trinajstić information content (AvgIpc) is 2.78. The highest BCUT2D eigenvalue weighted by atomic mass is 32.1. The van der Waals surface area contributed by atoms with Crippen molar-refractivity contribution in [2.75, 3.05) is 5.32 Å². The van der Waals surface area contributed by atoms with Gasteiger partial charge in [0.25, 0.3) is 0 Å². The van der Waals surface area contributed by atoms with Crippen molar-refractivity contribution in [3.63, 3.8) is 0 Å². The van der Waals surface area contributed by atoms with Crippen LogP contribution in [0, 0.1) is 24.1 Å². The molecule has 1 aromatic heterocycles. The predicted octanol–water partition coefficient (Wildman–Crippen LogP) is 4.24. The Hall–Kier alpha value is -1.86. The van der Waals surface area contributed by atoms with Gasteiger partial charge in [-0.15, -0.1) is 11.3 Å². The summed E-state index contributed by atoms with van der Waals surface area (Å²) in [5.74, 6) is -0.483. The first-order chi connectivity index (χ1) is 8.61. The molecule has 1 unspecified atom stereocenters. The molecule has 0 amide bonds. The first kappa shape index (κ1) is 12.6. The second-order valence-corrected chi connectivity index (χ2v) is 5.09. The minimum atomic E-state index is -0.483. The van der Waals surface area contributed by atoms with Gasteiger partial charge in [0.05, 0.1) is 11.6 Å². The number of nitriles is 1. The van der Waals surface area contributed by atoms with Gasteiger partial charge in [-0.25, -0.2) is 4.39 Å². The Balaban J connectivity index is 2.20. The lowest BCUT2D eigenvalue weighted by molar-refractivity contribution is 0.624. The number of anilines is 1. The SMILES string of the molecule is Cc1ccsc1C(C)Nc1ccc(F)c(C#N)c1. The Kier molecular flexibility index (Phi) is 3.63. The maximum Gasteiger partial charge on any atom is 0.141 e. The fourth-order valence-electron chi connectivity index (χ4n) is 1.84. The van der Waals surface area contributed by atoms with E-state index in [9.17, 15) is 4.39 Å². The van der Waals surface area contributed by atoms with Crippen LogP contribution in [0.5, 0.6) is 0 Å². The molecule has 1 aromatic carbocycles. The van der Waals surface area contributed by atoms with Crippen molar-refractivity contribution in [3.05, 3.63) is 51.5 Å². The molecule has 0 aliphatic heterocycles. The molecule has 0 aliphatic carbocycles. The van der Waals surface area contributed by atoms with Crippen molar-refractivity contribution in [1.29, 1.82) is 5.26 Å². The van der Waals surface area contributed by atoms with Crippen molar-refractivity contribution in [3.8, 4) is 6.07 Å². The second-order valence-electron chi connectivity index (χ2n) is 4.14. The van der Waals surface area contributed by atoms with Crippen LogP contribution in [0.1, 0.15) is 29.0 Å². The summed E-state index contributed by atoms with van der Waals surface area (Å²) in [6.45, 7) is 4.11. The summed E-state index contributed by atoms with van der Waals surface area (Å²) >= 11 is 1.69. The van der Waals surface area contributed by atoms with E-state index in [-0.39, 0.29) is 11.6 Å². The lowest BCUT2D eigenvalue weighted by atomic mass is 10.1. The summed E-state index contributed by atoms with van der Waals surface area (Å²) in [6.07, 6.45) is 0. The van der Waals surface area contributed by atoms with Gasteiger partial charge in [0.1, 0.15) is 11.9 Å². The van der Waals surface area contributed by atoms with E-state index in [1.54, 1.807) is 17.4 Å². The largest absolute Gasteiger partial charge is 0.378 e. The highest BCUT2D eigenvalue weighted by Crippen LogP contribution is 2.27. The smallest absolute Gasteiger partial charge is 0.141 e. The van der Waals surface area contributed by atoms with Gasteiger partial charge < -0.3 is 5.32 Å². The monoisotopic (exact) mass is 260 g/mol. The van der Waals surface area contributed by atoms with Crippen LogP contribution in [0.3, 0.4) is 0 Å². The number of nitrogens with zero attached hydrogens (tertiary/aromatic N) is 1. The number of halogens is 1. The first-order valence-electron chi connectivity index (χ1n) is 5.62. The molecule has 2 nitrogen and oxygen atoms in total. The molecular weight excluding hydrogens is 247 g/mol. The van der Waals surface area contributed by atoms with Gasteiger partial charge in [-0.2, -0.15) is 5.26 Å². The number of nitrogens with one attached hydrogen (secondary N) is 1. The van der Waals surface area contributed by atoms with E-state index in [0.717, 1.165) is 5.69 Å². The van der Waals surface area contributed by atoms with Gasteiger partial charge >= 0.3 is 0 Å². The zero-order valence-electron chi connectivity index (χ0n) is 10.2. The van der Waals surface area contributed by atoms with E-state index in [1.807, 2.05) is 18.4 Å². The molecule has 0 radical (unpaired) electrons. The topological polar surface area (TPSA) is 35.8 Å². The fourth-order valence-corrected chi connectivity index (χ4v) is 2.78. The van der Waals surface area contributed by atoms with Gasteiger partial charge in [-0.3, -0.25) is 0 Å². The molecule has 0 fully saturated rings. The zero-order chi connectivity index (χ0) is 13.1. The normalized spacial score (nSPS) is 11.9. The van der Waals surface area contributed by atoms with E-state index < -0.39 is 5.82 Å². The van der Waals surface area contributed by atoms with Crippen molar-refractivity contribution in [1.82, 2.24) is 0 Å². The summed E-state index contributed by atoms with van der Waals surface area (Å²) in [5.41, 5.74) is 2.06. The quantitative estimate of drug-likeness (QED) is 0.896. The molecule has 1 heterocycles. The highest BCUT2D eigenvalue weighted by molar-refractivity contribution is 7.10. The number of hydrogen-bond donors (Lipinski definition) is 1. The lowest BCUT2D eigenvalue weighted by Crippen LogP contribution is -2.06. The Labute approximate surface area is 110 Å². The van der Waals surface area contributed by atoms with Crippen molar-refractivity contribution in [2.24, 2.45) is 0 Å². The summed E-state index contributed by atoms with van der Waals surface area (Å²) in [4.78, 5) is 1.25. The van der Waals surface area contributed by atoms with E-state index in [0.29, 0.717) is 0 Å². The average molecular weight is 260 g/mol. The number of benzene rings is 1. The number of aryl methyl sites for hydroxylation is 1. The van der Waals surface area contributed by atoms with Gasteiger partial charge in [0.15, 0.2) is 0 Å². The molecule has 4 heteroatoms. The van der Waals surface area contributed by atoms with Gasteiger partial charge in [-0.1, -0.05) is 0 Å². The van der Waals surface area contributed by atoms with E-state index in [2.05, 4.69) is 18.3 Å². The summed E-state index contributed by atoms with van der Waals surface area (Å²) in [5, 5.41) is 14.1. The second kappa shape index (κ2) is 5.19. The van der Waals surface area contributed by atoms with Crippen LogP contribution in [0.15, 0.2) is 29.6 Å². The molecule has 0 bridgehead atoms. The number of thiophene rings is 1. The predicted molar refractivity (Wildman–Crippen MR) is 72.2 cm³/mol. The number of hydrogen-bond acceptors (Lipinski definition) is 3. The van der Waals surface area contributed by atoms with Gasteiger partial charge in [0.2, 0.25) is 0 Å². The van der Waals surface area contributed by atoms with Crippen LogP contribution >= 0.6 is 11.3 Å². The van der Waals surface area contributed by atoms with Crippen LogP contribution in [0.4, 0.5) is 10.1 Å². The molecule has 0 saturated carbocycles. The van der Waals surface area contributed by atoms with Crippen molar-refractivity contribution < 1.29 is 4.39 Å². The van der Waals surface area contributed by atoms with Crippen LogP contribution in [-0.2, 0) is 0 Å². The Morgan fingerprint density at radius 1 is 1.39 bits per heavy atom. The molecule has 0 spiro atoms. The molecule has 1 atom stereocenters. The molecule has 2 aromatic rings.